The van der Waals surface area contributed by atoms with Gasteiger partial charge in [0.15, 0.2) is 5.69 Å². The Morgan fingerprint density at radius 2 is 1.75 bits per heavy atom. The summed E-state index contributed by atoms with van der Waals surface area (Å²) in [6.07, 6.45) is 2.57. The molecule has 7 heteroatoms. The number of thiazole rings is 1. The van der Waals surface area contributed by atoms with E-state index in [1.165, 1.54) is 30.0 Å². The van der Waals surface area contributed by atoms with Crippen LogP contribution in [0, 0.1) is 13.8 Å². The molecule has 0 radical (unpaired) electrons. The third kappa shape index (κ3) is 7.67. The number of aromatic nitrogens is 1. The van der Waals surface area contributed by atoms with Crippen LogP contribution in [0.5, 0.6) is 0 Å². The highest BCUT2D eigenvalue weighted by Gasteiger charge is 2.20. The molecule has 94 valence electrons. The number of halogens is 4. The maximum absolute atomic E-state index is 9.75. The fourth-order valence-corrected chi connectivity index (χ4v) is 1.89. The second-order valence-electron chi connectivity index (χ2n) is 3.41. The Morgan fingerprint density at radius 1 is 1.25 bits per heavy atom. The average molecular weight is 257 g/mol. The van der Waals surface area contributed by atoms with E-state index in [0.29, 0.717) is 0 Å². The molecule has 0 spiro atoms. The third-order valence-electron chi connectivity index (χ3n) is 2.05. The minimum absolute atomic E-state index is 1.19. The van der Waals surface area contributed by atoms with E-state index in [-0.39, 0.29) is 0 Å². The molecule has 0 fully saturated rings. The van der Waals surface area contributed by atoms with Crippen LogP contribution in [0.15, 0.2) is 5.51 Å². The van der Waals surface area contributed by atoms with Crippen molar-refractivity contribution in [3.63, 3.8) is 0 Å². The summed E-state index contributed by atoms with van der Waals surface area (Å²) in [6, 6.07) is 0. The van der Waals surface area contributed by atoms with Gasteiger partial charge in [-0.05, 0) is 6.92 Å². The molecule has 0 aliphatic rings. The normalized spacial score (nSPS) is 10.9. The number of aryl methyl sites for hydroxylation is 2. The number of hydrogen-bond donors (Lipinski definition) is 0. The van der Waals surface area contributed by atoms with Crippen LogP contribution in [-0.4, -0.2) is 7.25 Å². The Kier molecular flexibility index (Phi) is 6.63. The highest BCUT2D eigenvalue weighted by molar-refractivity contribution is 7.09. The molecule has 1 aromatic rings. The zero-order valence-corrected chi connectivity index (χ0v) is 10.5. The van der Waals surface area contributed by atoms with Crippen molar-refractivity contribution in [2.75, 3.05) is 0 Å². The van der Waals surface area contributed by atoms with Crippen molar-refractivity contribution >= 4 is 18.6 Å². The molecule has 0 amide bonds. The fourth-order valence-electron chi connectivity index (χ4n) is 1.06. The molecular weight excluding hydrogens is 241 g/mol. The molecule has 0 saturated carbocycles. The van der Waals surface area contributed by atoms with Gasteiger partial charge in [-0.1, -0.05) is 24.7 Å². The summed E-state index contributed by atoms with van der Waals surface area (Å²) in [5, 5.41) is 0. The average Bonchev–Trinajstić information content (AvgIpc) is 2.42. The van der Waals surface area contributed by atoms with E-state index in [1.807, 2.05) is 11.3 Å². The Bertz CT molecular complexity index is 305. The lowest BCUT2D eigenvalue weighted by Gasteiger charge is -1.94. The van der Waals surface area contributed by atoms with Gasteiger partial charge in [0.2, 0.25) is 5.51 Å². The molecule has 0 unspecified atom stereocenters. The minimum Gasteiger partial charge on any atom is -0.418 e. The molecule has 1 nitrogen and oxygen atoms in total. The van der Waals surface area contributed by atoms with Crippen LogP contribution in [-0.2, 0) is 6.54 Å². The molecule has 16 heavy (non-hydrogen) atoms. The molecule has 0 aromatic carbocycles. The van der Waals surface area contributed by atoms with E-state index in [9.17, 15) is 17.3 Å². The van der Waals surface area contributed by atoms with Crippen LogP contribution >= 0.6 is 11.3 Å². The van der Waals surface area contributed by atoms with E-state index in [2.05, 4.69) is 30.8 Å². The molecule has 0 saturated heterocycles. The van der Waals surface area contributed by atoms with Crippen LogP contribution in [0.25, 0.3) is 0 Å². The van der Waals surface area contributed by atoms with Crippen molar-refractivity contribution < 1.29 is 21.8 Å². The van der Waals surface area contributed by atoms with Crippen molar-refractivity contribution in [3.05, 3.63) is 16.1 Å². The van der Waals surface area contributed by atoms with Gasteiger partial charge >= 0.3 is 7.25 Å². The van der Waals surface area contributed by atoms with Crippen LogP contribution in [0.4, 0.5) is 17.3 Å². The Balaban J connectivity index is 0.000000385. The quantitative estimate of drug-likeness (QED) is 0.441. The molecule has 1 aromatic heterocycles. The maximum atomic E-state index is 9.75. The van der Waals surface area contributed by atoms with Gasteiger partial charge in [0.05, 0.1) is 4.88 Å². The zero-order chi connectivity index (χ0) is 12.8. The Labute approximate surface area is 97.2 Å². The maximum Gasteiger partial charge on any atom is 0.673 e. The number of hydrogen-bond acceptors (Lipinski definition) is 1. The van der Waals surface area contributed by atoms with E-state index >= 15 is 0 Å². The summed E-state index contributed by atoms with van der Waals surface area (Å²) in [4.78, 5) is 1.45. The molecular formula is C9H16BF4NS. The van der Waals surface area contributed by atoms with Gasteiger partial charge < -0.3 is 17.3 Å². The lowest BCUT2D eigenvalue weighted by molar-refractivity contribution is -0.698. The summed E-state index contributed by atoms with van der Waals surface area (Å²) in [6.45, 7) is 7.80. The summed E-state index contributed by atoms with van der Waals surface area (Å²) in [5.74, 6) is 0. The molecule has 0 N–H and O–H groups in total. The first-order valence-corrected chi connectivity index (χ1v) is 5.95. The number of rotatable bonds is 3. The van der Waals surface area contributed by atoms with Crippen molar-refractivity contribution in [2.24, 2.45) is 0 Å². The van der Waals surface area contributed by atoms with Gasteiger partial charge in [-0.3, -0.25) is 0 Å². The third-order valence-corrected chi connectivity index (χ3v) is 3.06. The van der Waals surface area contributed by atoms with Gasteiger partial charge in [-0.15, -0.1) is 0 Å². The topological polar surface area (TPSA) is 3.88 Å². The highest BCUT2D eigenvalue weighted by atomic mass is 32.1. The predicted molar refractivity (Wildman–Crippen MR) is 59.1 cm³/mol. The number of unbranched alkanes of at least 4 members (excludes halogenated alkanes) is 1. The second-order valence-corrected chi connectivity index (χ2v) is 4.47. The van der Waals surface area contributed by atoms with Crippen LogP contribution in [0.1, 0.15) is 30.3 Å². The fraction of sp³-hybridized carbons (Fsp3) is 0.667. The van der Waals surface area contributed by atoms with Gasteiger partial charge in [0.1, 0.15) is 6.54 Å². The zero-order valence-electron chi connectivity index (χ0n) is 9.64. The molecule has 1 rings (SSSR count). The van der Waals surface area contributed by atoms with Crippen molar-refractivity contribution in [2.45, 2.75) is 40.2 Å². The van der Waals surface area contributed by atoms with E-state index in [4.69, 9.17) is 0 Å². The lowest BCUT2D eigenvalue weighted by atomic mass is 10.3. The molecule has 0 bridgehead atoms. The second kappa shape index (κ2) is 6.88. The molecule has 0 atom stereocenters. The predicted octanol–water partition coefficient (Wildman–Crippen LogP) is 3.75. The monoisotopic (exact) mass is 257 g/mol. The Hall–Kier alpha value is -0.585. The Morgan fingerprint density at radius 3 is 2.06 bits per heavy atom. The van der Waals surface area contributed by atoms with Crippen LogP contribution in [0.2, 0.25) is 0 Å². The highest BCUT2D eigenvalue weighted by Crippen LogP contribution is 2.08. The largest absolute Gasteiger partial charge is 0.673 e. The minimum atomic E-state index is -6.00. The number of nitrogens with zero attached hydrogens (tertiary/aromatic N) is 1. The lowest BCUT2D eigenvalue weighted by Crippen LogP contribution is -2.34. The van der Waals surface area contributed by atoms with Crippen molar-refractivity contribution in [1.29, 1.82) is 0 Å². The van der Waals surface area contributed by atoms with Crippen molar-refractivity contribution in [1.82, 2.24) is 0 Å². The summed E-state index contributed by atoms with van der Waals surface area (Å²) >= 11 is 1.84. The SMILES string of the molecule is CCCC[n+]1csc(C)c1C.F[B-](F)(F)F. The van der Waals surface area contributed by atoms with Crippen molar-refractivity contribution in [3.8, 4) is 0 Å². The van der Waals surface area contributed by atoms with E-state index < -0.39 is 7.25 Å². The molecule has 1 heterocycles. The summed E-state index contributed by atoms with van der Waals surface area (Å²) < 4.78 is 41.4. The first kappa shape index (κ1) is 15.4. The van der Waals surface area contributed by atoms with E-state index in [0.717, 1.165) is 0 Å². The molecule has 0 aliphatic heterocycles. The van der Waals surface area contributed by atoms with Gasteiger partial charge in [-0.2, -0.15) is 4.57 Å². The smallest absolute Gasteiger partial charge is 0.418 e. The standard InChI is InChI=1S/C9H16NS.BF4/c1-4-5-6-10-7-11-9(3)8(10)2;2-1(3,4)5/h7H,4-6H2,1-3H3;/q+1;-1. The summed E-state index contributed by atoms with van der Waals surface area (Å²) in [7, 11) is -6.00. The van der Waals surface area contributed by atoms with Crippen LogP contribution in [0.3, 0.4) is 0 Å². The van der Waals surface area contributed by atoms with Gasteiger partial charge in [0, 0.05) is 13.3 Å². The van der Waals surface area contributed by atoms with E-state index in [1.54, 1.807) is 0 Å². The summed E-state index contributed by atoms with van der Waals surface area (Å²) in [5.41, 5.74) is 3.66. The van der Waals surface area contributed by atoms with Gasteiger partial charge in [0.25, 0.3) is 0 Å². The van der Waals surface area contributed by atoms with Crippen LogP contribution < -0.4 is 4.57 Å². The first-order valence-electron chi connectivity index (χ1n) is 5.07. The van der Waals surface area contributed by atoms with Gasteiger partial charge in [-0.25, -0.2) is 0 Å². The molecule has 0 aliphatic carbocycles. The first-order chi connectivity index (χ1) is 7.25.